The third-order valence-electron chi connectivity index (χ3n) is 4.17. The van der Waals surface area contributed by atoms with Crippen LogP contribution in [0.5, 0.6) is 0 Å². The van der Waals surface area contributed by atoms with E-state index < -0.39 is 9.84 Å². The van der Waals surface area contributed by atoms with Gasteiger partial charge in [-0.05, 0) is 38.3 Å². The van der Waals surface area contributed by atoms with E-state index in [-0.39, 0.29) is 5.75 Å². The molecule has 2 unspecified atom stereocenters. The maximum absolute atomic E-state index is 11.2. The number of rotatable bonds is 6. The molecule has 1 fully saturated rings. The Labute approximate surface area is 112 Å². The molecule has 2 atom stereocenters. The minimum atomic E-state index is -2.85. The van der Waals surface area contributed by atoms with Crippen molar-refractivity contribution in [2.75, 3.05) is 39.2 Å². The summed E-state index contributed by atoms with van der Waals surface area (Å²) in [5.74, 6) is 0.874. The lowest BCUT2D eigenvalue weighted by molar-refractivity contribution is 0.216. The quantitative estimate of drug-likeness (QED) is 0.786. The van der Waals surface area contributed by atoms with E-state index in [1.165, 1.54) is 19.1 Å². The third-order valence-corrected chi connectivity index (χ3v) is 5.10. The summed E-state index contributed by atoms with van der Waals surface area (Å²) in [5.41, 5.74) is 0.344. The highest BCUT2D eigenvalue weighted by Crippen LogP contribution is 2.41. The van der Waals surface area contributed by atoms with Gasteiger partial charge in [-0.2, -0.15) is 0 Å². The predicted molar refractivity (Wildman–Crippen MR) is 76.6 cm³/mol. The topological polar surface area (TPSA) is 49.4 Å². The average Bonchev–Trinajstić information content (AvgIpc) is 2.49. The number of hydrogen-bond acceptors (Lipinski definition) is 4. The molecule has 5 heteroatoms. The smallest absolute Gasteiger partial charge is 0.148 e. The molecule has 1 saturated carbocycles. The molecule has 0 amide bonds. The molecule has 108 valence electrons. The monoisotopic (exact) mass is 276 g/mol. The standard InChI is InChI=1S/C13H28N2O2S/c1-13(2)7-6-11(12(13)14-3)10-15(4)8-9-18(5,16)17/h11-12,14H,6-10H2,1-5H3. The van der Waals surface area contributed by atoms with Crippen LogP contribution in [0, 0.1) is 11.3 Å². The largest absolute Gasteiger partial charge is 0.316 e. The zero-order valence-corrected chi connectivity index (χ0v) is 13.2. The summed E-state index contributed by atoms with van der Waals surface area (Å²) in [4.78, 5) is 2.15. The van der Waals surface area contributed by atoms with Crippen LogP contribution in [-0.4, -0.2) is 58.6 Å². The van der Waals surface area contributed by atoms with Crippen LogP contribution in [0.15, 0.2) is 0 Å². The molecular weight excluding hydrogens is 248 g/mol. The molecule has 1 N–H and O–H groups in total. The molecule has 1 aliphatic carbocycles. The predicted octanol–water partition coefficient (Wildman–Crippen LogP) is 0.987. The molecule has 0 aromatic heterocycles. The van der Waals surface area contributed by atoms with E-state index in [2.05, 4.69) is 24.1 Å². The Morgan fingerprint density at radius 2 is 2.00 bits per heavy atom. The van der Waals surface area contributed by atoms with E-state index in [1.807, 2.05) is 14.1 Å². The van der Waals surface area contributed by atoms with Gasteiger partial charge in [0.1, 0.15) is 9.84 Å². The van der Waals surface area contributed by atoms with Gasteiger partial charge >= 0.3 is 0 Å². The normalized spacial score (nSPS) is 27.9. The van der Waals surface area contributed by atoms with Crippen molar-refractivity contribution in [3.05, 3.63) is 0 Å². The number of sulfone groups is 1. The van der Waals surface area contributed by atoms with Gasteiger partial charge in [-0.1, -0.05) is 13.8 Å². The second kappa shape index (κ2) is 5.88. The van der Waals surface area contributed by atoms with E-state index in [1.54, 1.807) is 0 Å². The van der Waals surface area contributed by atoms with Gasteiger partial charge in [-0.15, -0.1) is 0 Å². The zero-order valence-electron chi connectivity index (χ0n) is 12.4. The SMILES string of the molecule is CNC1C(CN(C)CCS(C)(=O)=O)CCC1(C)C. The fourth-order valence-electron chi connectivity index (χ4n) is 3.15. The van der Waals surface area contributed by atoms with Crippen molar-refractivity contribution < 1.29 is 8.42 Å². The summed E-state index contributed by atoms with van der Waals surface area (Å²) in [7, 11) is 1.19. The molecule has 4 nitrogen and oxygen atoms in total. The molecule has 0 radical (unpaired) electrons. The number of nitrogens with one attached hydrogen (secondary N) is 1. The van der Waals surface area contributed by atoms with Gasteiger partial charge in [-0.25, -0.2) is 8.42 Å². The van der Waals surface area contributed by atoms with Gasteiger partial charge in [0.15, 0.2) is 0 Å². The fraction of sp³-hybridized carbons (Fsp3) is 1.00. The highest BCUT2D eigenvalue weighted by atomic mass is 32.2. The average molecular weight is 276 g/mol. The molecule has 1 rings (SSSR count). The van der Waals surface area contributed by atoms with E-state index in [0.717, 1.165) is 6.54 Å². The summed E-state index contributed by atoms with van der Waals surface area (Å²) in [5, 5.41) is 3.44. The minimum absolute atomic E-state index is 0.254. The molecule has 0 spiro atoms. The first-order valence-corrected chi connectivity index (χ1v) is 8.75. The van der Waals surface area contributed by atoms with Gasteiger partial charge in [0.25, 0.3) is 0 Å². The maximum Gasteiger partial charge on any atom is 0.148 e. The molecule has 0 aliphatic heterocycles. The lowest BCUT2D eigenvalue weighted by Gasteiger charge is -2.32. The van der Waals surface area contributed by atoms with Crippen LogP contribution in [0.3, 0.4) is 0 Å². The van der Waals surface area contributed by atoms with Crippen LogP contribution in [-0.2, 0) is 9.84 Å². The van der Waals surface area contributed by atoms with Crippen molar-refractivity contribution in [1.29, 1.82) is 0 Å². The molecule has 0 aromatic carbocycles. The van der Waals surface area contributed by atoms with Crippen LogP contribution < -0.4 is 5.32 Å². The molecule has 0 bridgehead atoms. The Morgan fingerprint density at radius 3 is 2.50 bits per heavy atom. The van der Waals surface area contributed by atoms with Crippen LogP contribution >= 0.6 is 0 Å². The Bertz CT molecular complexity index is 365. The van der Waals surface area contributed by atoms with Gasteiger partial charge in [0, 0.05) is 25.4 Å². The van der Waals surface area contributed by atoms with Crippen LogP contribution in [0.4, 0.5) is 0 Å². The molecule has 1 aliphatic rings. The van der Waals surface area contributed by atoms with Crippen molar-refractivity contribution in [3.63, 3.8) is 0 Å². The van der Waals surface area contributed by atoms with Crippen LogP contribution in [0.2, 0.25) is 0 Å². The van der Waals surface area contributed by atoms with Crippen molar-refractivity contribution >= 4 is 9.84 Å². The highest BCUT2D eigenvalue weighted by Gasteiger charge is 2.40. The van der Waals surface area contributed by atoms with Crippen molar-refractivity contribution in [2.45, 2.75) is 32.7 Å². The fourth-order valence-corrected chi connectivity index (χ4v) is 3.80. The second-order valence-corrected chi connectivity index (χ2v) is 8.71. The molecule has 0 saturated heterocycles. The van der Waals surface area contributed by atoms with E-state index in [4.69, 9.17) is 0 Å². The lowest BCUT2D eigenvalue weighted by atomic mass is 9.85. The van der Waals surface area contributed by atoms with E-state index in [0.29, 0.717) is 23.9 Å². The molecule has 0 heterocycles. The molecular formula is C13H28N2O2S. The lowest BCUT2D eigenvalue weighted by Crippen LogP contribution is -2.44. The summed E-state index contributed by atoms with van der Waals surface area (Å²) >= 11 is 0. The Kier molecular flexibility index (Phi) is 5.21. The Morgan fingerprint density at radius 1 is 1.39 bits per heavy atom. The van der Waals surface area contributed by atoms with Crippen LogP contribution in [0.25, 0.3) is 0 Å². The van der Waals surface area contributed by atoms with Crippen molar-refractivity contribution in [3.8, 4) is 0 Å². The first-order valence-electron chi connectivity index (χ1n) is 6.69. The van der Waals surface area contributed by atoms with Gasteiger partial charge in [-0.3, -0.25) is 0 Å². The first-order chi connectivity index (χ1) is 8.15. The van der Waals surface area contributed by atoms with Gasteiger partial charge in [0.2, 0.25) is 0 Å². The summed E-state index contributed by atoms with van der Waals surface area (Å²) < 4.78 is 22.3. The highest BCUT2D eigenvalue weighted by molar-refractivity contribution is 7.90. The summed E-state index contributed by atoms with van der Waals surface area (Å²) in [6.45, 7) is 6.23. The van der Waals surface area contributed by atoms with Crippen molar-refractivity contribution in [1.82, 2.24) is 10.2 Å². The molecule has 18 heavy (non-hydrogen) atoms. The van der Waals surface area contributed by atoms with Gasteiger partial charge in [0.05, 0.1) is 5.75 Å². The Balaban J connectivity index is 2.47. The minimum Gasteiger partial charge on any atom is -0.316 e. The van der Waals surface area contributed by atoms with Crippen LogP contribution in [0.1, 0.15) is 26.7 Å². The van der Waals surface area contributed by atoms with E-state index >= 15 is 0 Å². The zero-order chi connectivity index (χ0) is 14.0. The first kappa shape index (κ1) is 15.9. The number of hydrogen-bond donors (Lipinski definition) is 1. The molecule has 0 aromatic rings. The third kappa shape index (κ3) is 4.52. The van der Waals surface area contributed by atoms with E-state index in [9.17, 15) is 8.42 Å². The second-order valence-electron chi connectivity index (χ2n) is 6.45. The van der Waals surface area contributed by atoms with Crippen molar-refractivity contribution in [2.24, 2.45) is 11.3 Å². The maximum atomic E-state index is 11.2. The summed E-state index contributed by atoms with van der Waals surface area (Å²) in [6, 6.07) is 0.526. The number of nitrogens with zero attached hydrogens (tertiary/aromatic N) is 1. The Hall–Kier alpha value is -0.130. The van der Waals surface area contributed by atoms with Gasteiger partial charge < -0.3 is 10.2 Å². The summed E-state index contributed by atoms with van der Waals surface area (Å²) in [6.07, 6.45) is 3.76.